The Morgan fingerprint density at radius 2 is 0.982 bits per heavy atom. The maximum Gasteiger partial charge on any atom is 0.472 e. The minimum atomic E-state index is -4.29. The molecular formula is C48H84NO7P. The number of esters is 1. The van der Waals surface area contributed by atoms with E-state index in [1.807, 2.05) is 0 Å². The summed E-state index contributed by atoms with van der Waals surface area (Å²) >= 11 is 0. The Hall–Kier alpha value is -2.32. The van der Waals surface area contributed by atoms with Crippen LogP contribution in [0, 0.1) is 0 Å². The van der Waals surface area contributed by atoms with Gasteiger partial charge in [-0.05, 0) is 89.9 Å². The van der Waals surface area contributed by atoms with Crippen molar-refractivity contribution in [3.8, 4) is 0 Å². The number of unbranched alkanes of at least 4 members (excludes halogenated alkanes) is 15. The average molecular weight is 818 g/mol. The Morgan fingerprint density at radius 1 is 0.544 bits per heavy atom. The highest BCUT2D eigenvalue weighted by atomic mass is 31.2. The molecule has 0 radical (unpaired) electrons. The molecule has 328 valence electrons. The number of rotatable bonds is 42. The van der Waals surface area contributed by atoms with E-state index in [-0.39, 0.29) is 32.3 Å². The first-order valence-electron chi connectivity index (χ1n) is 22.6. The zero-order valence-corrected chi connectivity index (χ0v) is 37.2. The first-order valence-corrected chi connectivity index (χ1v) is 24.1. The van der Waals surface area contributed by atoms with Gasteiger partial charge in [0.05, 0.1) is 19.8 Å². The van der Waals surface area contributed by atoms with Gasteiger partial charge in [0.25, 0.3) is 0 Å². The van der Waals surface area contributed by atoms with Gasteiger partial charge in [0.15, 0.2) is 0 Å². The maximum atomic E-state index is 12.6. The molecule has 0 spiro atoms. The normalized spacial score (nSPS) is 14.2. The number of carbonyl (C=O) groups is 1. The number of ether oxygens (including phenoxy) is 2. The zero-order valence-electron chi connectivity index (χ0n) is 36.3. The van der Waals surface area contributed by atoms with Crippen molar-refractivity contribution in [2.45, 2.75) is 180 Å². The van der Waals surface area contributed by atoms with Crippen LogP contribution in [0.4, 0.5) is 0 Å². The second-order valence-corrected chi connectivity index (χ2v) is 16.0. The highest BCUT2D eigenvalue weighted by Gasteiger charge is 2.25. The van der Waals surface area contributed by atoms with Gasteiger partial charge in [0.2, 0.25) is 0 Å². The number of nitrogens with two attached hydrogens (primary N) is 1. The summed E-state index contributed by atoms with van der Waals surface area (Å²) in [4.78, 5) is 22.4. The number of carbonyl (C=O) groups excluding carboxylic acids is 1. The summed E-state index contributed by atoms with van der Waals surface area (Å²) in [5, 5.41) is 0. The molecule has 0 aromatic heterocycles. The molecule has 2 unspecified atom stereocenters. The molecule has 0 aromatic rings. The van der Waals surface area contributed by atoms with Crippen molar-refractivity contribution < 1.29 is 32.8 Å². The Balaban J connectivity index is 4.01. The highest BCUT2D eigenvalue weighted by molar-refractivity contribution is 7.47. The third kappa shape index (κ3) is 44.6. The van der Waals surface area contributed by atoms with Crippen molar-refractivity contribution in [2.24, 2.45) is 5.73 Å². The van der Waals surface area contributed by atoms with Crippen LogP contribution in [0.5, 0.6) is 0 Å². The van der Waals surface area contributed by atoms with Crippen LogP contribution in [0.25, 0.3) is 0 Å². The lowest BCUT2D eigenvalue weighted by Crippen LogP contribution is -2.28. The molecule has 0 aromatic carbocycles. The van der Waals surface area contributed by atoms with E-state index in [9.17, 15) is 14.3 Å². The number of hydrogen-bond donors (Lipinski definition) is 2. The molecule has 0 aliphatic heterocycles. The predicted molar refractivity (Wildman–Crippen MR) is 242 cm³/mol. The van der Waals surface area contributed by atoms with E-state index in [0.29, 0.717) is 13.0 Å². The van der Waals surface area contributed by atoms with E-state index in [1.54, 1.807) is 0 Å². The Kier molecular flexibility index (Phi) is 43.0. The van der Waals surface area contributed by atoms with Gasteiger partial charge in [0, 0.05) is 19.6 Å². The second-order valence-electron chi connectivity index (χ2n) is 14.5. The van der Waals surface area contributed by atoms with Crippen molar-refractivity contribution in [3.63, 3.8) is 0 Å². The van der Waals surface area contributed by atoms with Gasteiger partial charge in [-0.3, -0.25) is 13.8 Å². The molecule has 0 amide bonds. The SMILES string of the molecule is CC/C=C\C/C=C\C/C=C\C/C=C\C/C=C\C/C=C\CCCCCCCCCOCC(COP(=O)(O)OCCN)OC(=O)CCCCCCC/C=C\CCCCC. The van der Waals surface area contributed by atoms with E-state index in [2.05, 4.69) is 98.9 Å². The van der Waals surface area contributed by atoms with Crippen molar-refractivity contribution in [3.05, 3.63) is 85.1 Å². The zero-order chi connectivity index (χ0) is 41.6. The third-order valence-corrected chi connectivity index (χ3v) is 10.0. The fourth-order valence-corrected chi connectivity index (χ4v) is 6.52. The van der Waals surface area contributed by atoms with Crippen LogP contribution in [0.2, 0.25) is 0 Å². The van der Waals surface area contributed by atoms with Crippen molar-refractivity contribution >= 4 is 13.8 Å². The van der Waals surface area contributed by atoms with Crippen LogP contribution < -0.4 is 5.73 Å². The summed E-state index contributed by atoms with van der Waals surface area (Å²) in [6.45, 7) is 4.72. The number of phosphoric acid groups is 1. The quantitative estimate of drug-likeness (QED) is 0.0271. The lowest BCUT2D eigenvalue weighted by molar-refractivity contribution is -0.154. The number of allylic oxidation sites excluding steroid dienone is 14. The number of phosphoric ester groups is 1. The molecule has 0 aliphatic carbocycles. The molecule has 0 heterocycles. The Labute approximate surface area is 349 Å². The topological polar surface area (TPSA) is 117 Å². The van der Waals surface area contributed by atoms with Gasteiger partial charge in [-0.2, -0.15) is 0 Å². The van der Waals surface area contributed by atoms with E-state index >= 15 is 0 Å². The van der Waals surface area contributed by atoms with Gasteiger partial charge in [-0.15, -0.1) is 0 Å². The van der Waals surface area contributed by atoms with Gasteiger partial charge in [-0.25, -0.2) is 4.57 Å². The van der Waals surface area contributed by atoms with E-state index in [0.717, 1.165) is 96.3 Å². The molecule has 3 N–H and O–H groups in total. The second kappa shape index (κ2) is 44.8. The predicted octanol–water partition coefficient (Wildman–Crippen LogP) is 13.7. The van der Waals surface area contributed by atoms with Crippen molar-refractivity contribution in [1.29, 1.82) is 0 Å². The fraction of sp³-hybridized carbons (Fsp3) is 0.688. The monoisotopic (exact) mass is 818 g/mol. The van der Waals surface area contributed by atoms with Gasteiger partial charge in [0.1, 0.15) is 6.10 Å². The molecule has 0 rings (SSSR count). The van der Waals surface area contributed by atoms with E-state index < -0.39 is 13.9 Å². The molecule has 0 fully saturated rings. The molecule has 2 atom stereocenters. The average Bonchev–Trinajstić information content (AvgIpc) is 3.20. The maximum absolute atomic E-state index is 12.6. The fourth-order valence-electron chi connectivity index (χ4n) is 5.76. The molecule has 9 heteroatoms. The van der Waals surface area contributed by atoms with Crippen LogP contribution in [-0.4, -0.2) is 49.9 Å². The Morgan fingerprint density at radius 3 is 1.49 bits per heavy atom. The van der Waals surface area contributed by atoms with E-state index in [1.165, 1.54) is 57.8 Å². The van der Waals surface area contributed by atoms with Crippen LogP contribution in [0.3, 0.4) is 0 Å². The van der Waals surface area contributed by atoms with Crippen molar-refractivity contribution in [1.82, 2.24) is 0 Å². The molecule has 0 aliphatic rings. The third-order valence-electron chi connectivity index (χ3n) is 9.05. The van der Waals surface area contributed by atoms with Gasteiger partial charge < -0.3 is 20.1 Å². The molecule has 0 bridgehead atoms. The smallest absolute Gasteiger partial charge is 0.457 e. The van der Waals surface area contributed by atoms with Gasteiger partial charge in [-0.1, -0.05) is 163 Å². The summed E-state index contributed by atoms with van der Waals surface area (Å²) in [6.07, 6.45) is 57.5. The minimum Gasteiger partial charge on any atom is -0.457 e. The number of hydrogen-bond acceptors (Lipinski definition) is 7. The van der Waals surface area contributed by atoms with Crippen LogP contribution in [-0.2, 0) is 27.9 Å². The van der Waals surface area contributed by atoms with Crippen LogP contribution >= 0.6 is 7.82 Å². The largest absolute Gasteiger partial charge is 0.472 e. The lowest BCUT2D eigenvalue weighted by atomic mass is 10.1. The first kappa shape index (κ1) is 54.7. The summed E-state index contributed by atoms with van der Waals surface area (Å²) < 4.78 is 33.4. The summed E-state index contributed by atoms with van der Waals surface area (Å²) in [5.41, 5.74) is 5.37. The van der Waals surface area contributed by atoms with Crippen LogP contribution in [0.1, 0.15) is 174 Å². The van der Waals surface area contributed by atoms with Crippen LogP contribution in [0.15, 0.2) is 85.1 Å². The summed E-state index contributed by atoms with van der Waals surface area (Å²) in [6, 6.07) is 0. The summed E-state index contributed by atoms with van der Waals surface area (Å²) in [7, 11) is -4.29. The molecule has 0 saturated heterocycles. The Bertz CT molecular complexity index is 1140. The molecule has 8 nitrogen and oxygen atoms in total. The minimum absolute atomic E-state index is 0.0928. The molecule has 57 heavy (non-hydrogen) atoms. The standard InChI is InChI=1S/C48H84NO7P/c1-3-5-7-9-11-13-15-17-18-19-20-21-22-23-24-25-26-27-28-29-30-32-34-36-38-40-43-53-45-47(46-55-57(51,52)54-44-42-49)56-48(50)41-39-37-35-33-31-16-14-12-10-8-6-4-2/h5,7,11-14,17-18,20-21,23-24,26-27,47H,3-4,6,8-10,15-16,19,22,25,28-46,49H2,1-2H3,(H,51,52)/b7-5-,13-11-,14-12-,18-17-,21-20-,24-23-,27-26-. The van der Waals surface area contributed by atoms with E-state index in [4.69, 9.17) is 24.3 Å². The van der Waals surface area contributed by atoms with Gasteiger partial charge >= 0.3 is 13.8 Å². The lowest BCUT2D eigenvalue weighted by Gasteiger charge is -2.20. The molecule has 0 saturated carbocycles. The van der Waals surface area contributed by atoms with Crippen molar-refractivity contribution in [2.75, 3.05) is 33.0 Å². The highest BCUT2D eigenvalue weighted by Crippen LogP contribution is 2.43. The molecular weight excluding hydrogens is 734 g/mol. The summed E-state index contributed by atoms with van der Waals surface area (Å²) in [5.74, 6) is -0.348. The first-order chi connectivity index (χ1) is 27.9.